The molecule has 86 valence electrons. The Bertz CT molecular complexity index is 400. The molecule has 0 saturated heterocycles. The number of rotatable bonds is 4. The first kappa shape index (κ1) is 11.0. The number of esters is 1. The Morgan fingerprint density at radius 3 is 2.88 bits per heavy atom. The zero-order valence-electron chi connectivity index (χ0n) is 9.32. The number of carbonyl (C=O) groups is 1. The molecular weight excluding hydrogens is 204 g/mol. The number of hydrogen-bond donors (Lipinski definition) is 2. The molecule has 0 bridgehead atoms. The van der Waals surface area contributed by atoms with E-state index in [0.29, 0.717) is 18.1 Å². The molecule has 1 aliphatic carbocycles. The summed E-state index contributed by atoms with van der Waals surface area (Å²) in [5, 5.41) is 0. The number of nitrogens with two attached hydrogens (primary N) is 1. The molecular formula is C12H16N2O2. The molecule has 3 N–H and O–H groups in total. The van der Waals surface area contributed by atoms with Crippen molar-refractivity contribution in [3.8, 4) is 0 Å². The van der Waals surface area contributed by atoms with E-state index in [4.69, 9.17) is 10.6 Å². The number of anilines is 1. The summed E-state index contributed by atoms with van der Waals surface area (Å²) in [4.78, 5) is 11.7. The van der Waals surface area contributed by atoms with Crippen LogP contribution in [0.5, 0.6) is 0 Å². The second-order valence-electron chi connectivity index (χ2n) is 3.94. The van der Waals surface area contributed by atoms with Crippen LogP contribution in [0.4, 0.5) is 5.69 Å². The molecule has 0 atom stereocenters. The van der Waals surface area contributed by atoms with Gasteiger partial charge in [0.2, 0.25) is 0 Å². The normalized spacial score (nSPS) is 14.6. The third kappa shape index (κ3) is 2.17. The van der Waals surface area contributed by atoms with E-state index in [1.807, 2.05) is 13.0 Å². The van der Waals surface area contributed by atoms with Crippen LogP contribution in [0.15, 0.2) is 18.2 Å². The highest BCUT2D eigenvalue weighted by Crippen LogP contribution is 2.42. The molecule has 1 aromatic carbocycles. The highest BCUT2D eigenvalue weighted by molar-refractivity contribution is 5.92. The Balaban J connectivity index is 2.32. The van der Waals surface area contributed by atoms with E-state index in [1.54, 1.807) is 12.1 Å². The Morgan fingerprint density at radius 1 is 1.56 bits per heavy atom. The van der Waals surface area contributed by atoms with E-state index < -0.39 is 0 Å². The minimum atomic E-state index is -0.243. The van der Waals surface area contributed by atoms with Gasteiger partial charge in [0.1, 0.15) is 0 Å². The molecule has 1 saturated carbocycles. The molecule has 4 heteroatoms. The lowest BCUT2D eigenvalue weighted by Crippen LogP contribution is -2.11. The second-order valence-corrected chi connectivity index (χ2v) is 3.94. The number of nitrogens with one attached hydrogen (secondary N) is 1. The van der Waals surface area contributed by atoms with Crippen LogP contribution in [0.25, 0.3) is 0 Å². The number of hydrogen-bond acceptors (Lipinski definition) is 4. The van der Waals surface area contributed by atoms with Gasteiger partial charge in [-0.15, -0.1) is 0 Å². The van der Waals surface area contributed by atoms with Crippen LogP contribution in [0, 0.1) is 0 Å². The summed E-state index contributed by atoms with van der Waals surface area (Å²) in [6.45, 7) is 2.21. The third-order valence-electron chi connectivity index (χ3n) is 2.73. The molecule has 0 heterocycles. The van der Waals surface area contributed by atoms with Crippen LogP contribution < -0.4 is 11.3 Å². The lowest BCUT2D eigenvalue weighted by molar-refractivity contribution is 0.0525. The summed E-state index contributed by atoms with van der Waals surface area (Å²) in [7, 11) is 0. The number of ether oxygens (including phenoxy) is 1. The van der Waals surface area contributed by atoms with Crippen molar-refractivity contribution in [2.24, 2.45) is 5.84 Å². The van der Waals surface area contributed by atoms with Crippen molar-refractivity contribution in [1.29, 1.82) is 0 Å². The highest BCUT2D eigenvalue weighted by Gasteiger charge is 2.28. The Labute approximate surface area is 94.8 Å². The molecule has 1 aromatic rings. The predicted octanol–water partition coefficient (Wildman–Crippen LogP) is 2.03. The maximum Gasteiger partial charge on any atom is 0.338 e. The Kier molecular flexibility index (Phi) is 3.10. The Morgan fingerprint density at radius 2 is 2.31 bits per heavy atom. The Hall–Kier alpha value is -1.55. The summed E-state index contributed by atoms with van der Waals surface area (Å²) >= 11 is 0. The maximum absolute atomic E-state index is 11.7. The molecule has 1 fully saturated rings. The predicted molar refractivity (Wildman–Crippen MR) is 62.2 cm³/mol. The zero-order chi connectivity index (χ0) is 11.5. The van der Waals surface area contributed by atoms with Gasteiger partial charge in [0.05, 0.1) is 12.2 Å². The van der Waals surface area contributed by atoms with Crippen molar-refractivity contribution in [1.82, 2.24) is 0 Å². The van der Waals surface area contributed by atoms with Crippen molar-refractivity contribution >= 4 is 11.7 Å². The van der Waals surface area contributed by atoms with Crippen LogP contribution in [0.2, 0.25) is 0 Å². The van der Waals surface area contributed by atoms with Crippen molar-refractivity contribution in [2.45, 2.75) is 25.7 Å². The van der Waals surface area contributed by atoms with Gasteiger partial charge in [-0.05, 0) is 49.4 Å². The van der Waals surface area contributed by atoms with Crippen molar-refractivity contribution < 1.29 is 9.53 Å². The van der Waals surface area contributed by atoms with Gasteiger partial charge in [-0.2, -0.15) is 0 Å². The molecule has 0 amide bonds. The van der Waals surface area contributed by atoms with Gasteiger partial charge in [-0.25, -0.2) is 4.79 Å². The molecule has 0 aromatic heterocycles. The van der Waals surface area contributed by atoms with E-state index in [-0.39, 0.29) is 5.97 Å². The average molecular weight is 220 g/mol. The van der Waals surface area contributed by atoms with Gasteiger partial charge in [0, 0.05) is 5.69 Å². The van der Waals surface area contributed by atoms with Gasteiger partial charge in [0.15, 0.2) is 0 Å². The van der Waals surface area contributed by atoms with E-state index in [9.17, 15) is 4.79 Å². The molecule has 2 rings (SSSR count). The molecule has 0 radical (unpaired) electrons. The van der Waals surface area contributed by atoms with Gasteiger partial charge >= 0.3 is 5.97 Å². The fourth-order valence-corrected chi connectivity index (χ4v) is 1.78. The molecule has 0 spiro atoms. The standard InChI is InChI=1S/C12H16N2O2/c1-2-16-12(15)10-6-5-9(14-13)7-11(10)8-3-4-8/h5-8,14H,2-4,13H2,1H3. The van der Waals surface area contributed by atoms with Gasteiger partial charge in [-0.1, -0.05) is 0 Å². The van der Waals surface area contributed by atoms with Crippen LogP contribution in [-0.2, 0) is 4.74 Å². The van der Waals surface area contributed by atoms with Gasteiger partial charge in [0.25, 0.3) is 0 Å². The molecule has 1 aliphatic rings. The fraction of sp³-hybridized carbons (Fsp3) is 0.417. The minimum Gasteiger partial charge on any atom is -0.462 e. The van der Waals surface area contributed by atoms with Crippen LogP contribution in [0.1, 0.15) is 41.6 Å². The van der Waals surface area contributed by atoms with E-state index in [1.165, 1.54) is 0 Å². The number of carbonyl (C=O) groups excluding carboxylic acids is 1. The number of nitrogen functional groups attached to an aromatic ring is 1. The molecule has 0 aliphatic heterocycles. The average Bonchev–Trinajstić information content (AvgIpc) is 3.12. The fourth-order valence-electron chi connectivity index (χ4n) is 1.78. The van der Waals surface area contributed by atoms with Crippen LogP contribution in [0.3, 0.4) is 0 Å². The largest absolute Gasteiger partial charge is 0.462 e. The molecule has 4 nitrogen and oxygen atoms in total. The highest BCUT2D eigenvalue weighted by atomic mass is 16.5. The maximum atomic E-state index is 11.7. The van der Waals surface area contributed by atoms with E-state index in [2.05, 4.69) is 5.43 Å². The first-order valence-electron chi connectivity index (χ1n) is 5.54. The number of hydrazine groups is 1. The van der Waals surface area contributed by atoms with Gasteiger partial charge in [-0.3, -0.25) is 5.84 Å². The first-order chi connectivity index (χ1) is 7.76. The third-order valence-corrected chi connectivity index (χ3v) is 2.73. The monoisotopic (exact) mass is 220 g/mol. The number of benzene rings is 1. The van der Waals surface area contributed by atoms with Crippen molar-refractivity contribution in [3.63, 3.8) is 0 Å². The van der Waals surface area contributed by atoms with Crippen molar-refractivity contribution in [2.75, 3.05) is 12.0 Å². The van der Waals surface area contributed by atoms with Crippen LogP contribution in [-0.4, -0.2) is 12.6 Å². The summed E-state index contributed by atoms with van der Waals surface area (Å²) in [6.07, 6.45) is 2.28. The minimum absolute atomic E-state index is 0.243. The lowest BCUT2D eigenvalue weighted by atomic mass is 10.0. The first-order valence-corrected chi connectivity index (χ1v) is 5.54. The van der Waals surface area contributed by atoms with E-state index in [0.717, 1.165) is 24.1 Å². The van der Waals surface area contributed by atoms with Crippen molar-refractivity contribution in [3.05, 3.63) is 29.3 Å². The smallest absolute Gasteiger partial charge is 0.338 e. The summed E-state index contributed by atoms with van der Waals surface area (Å²) in [5.74, 6) is 5.61. The quantitative estimate of drug-likeness (QED) is 0.463. The SMILES string of the molecule is CCOC(=O)c1ccc(NN)cc1C1CC1. The second kappa shape index (κ2) is 4.53. The van der Waals surface area contributed by atoms with E-state index >= 15 is 0 Å². The van der Waals surface area contributed by atoms with Gasteiger partial charge < -0.3 is 10.2 Å². The molecule has 0 unspecified atom stereocenters. The summed E-state index contributed by atoms with van der Waals surface area (Å²) < 4.78 is 5.03. The summed E-state index contributed by atoms with van der Waals surface area (Å²) in [6, 6.07) is 5.50. The van der Waals surface area contributed by atoms with Crippen LogP contribution >= 0.6 is 0 Å². The lowest BCUT2D eigenvalue weighted by Gasteiger charge is -2.10. The summed E-state index contributed by atoms with van der Waals surface area (Å²) in [5.41, 5.74) is 5.14. The molecule has 16 heavy (non-hydrogen) atoms. The zero-order valence-corrected chi connectivity index (χ0v) is 9.32. The topological polar surface area (TPSA) is 64.3 Å².